The van der Waals surface area contributed by atoms with Crippen molar-refractivity contribution >= 4 is 11.7 Å². The summed E-state index contributed by atoms with van der Waals surface area (Å²) in [6, 6.07) is 0.546. The van der Waals surface area contributed by atoms with Crippen LogP contribution >= 0.6 is 0 Å². The van der Waals surface area contributed by atoms with Crippen molar-refractivity contribution in [1.82, 2.24) is 20.4 Å². The van der Waals surface area contributed by atoms with Gasteiger partial charge in [-0.15, -0.1) is 0 Å². The van der Waals surface area contributed by atoms with Gasteiger partial charge < -0.3 is 15.5 Å². The first-order valence-electron chi connectivity index (χ1n) is 5.49. The number of H-pyrrole nitrogens is 1. The Labute approximate surface area is 94.4 Å². The van der Waals surface area contributed by atoms with E-state index in [9.17, 15) is 4.79 Å². The van der Waals surface area contributed by atoms with Gasteiger partial charge in [-0.1, -0.05) is 0 Å². The summed E-state index contributed by atoms with van der Waals surface area (Å²) in [5.41, 5.74) is 0.674. The monoisotopic (exact) mass is 223 g/mol. The number of aromatic amines is 1. The summed E-state index contributed by atoms with van der Waals surface area (Å²) in [5.74, 6) is 0. The molecular formula is C10H17N5O. The van der Waals surface area contributed by atoms with E-state index < -0.39 is 0 Å². The van der Waals surface area contributed by atoms with Gasteiger partial charge in [0.2, 0.25) is 0 Å². The van der Waals surface area contributed by atoms with Crippen molar-refractivity contribution in [2.45, 2.75) is 18.9 Å². The number of carbonyl (C=O) groups is 1. The summed E-state index contributed by atoms with van der Waals surface area (Å²) in [7, 11) is 2.09. The molecule has 1 aromatic rings. The minimum atomic E-state index is -0.189. The Morgan fingerprint density at radius 2 is 2.50 bits per heavy atom. The molecule has 1 aliphatic carbocycles. The number of nitrogens with zero attached hydrogens (tertiary/aromatic N) is 2. The average Bonchev–Trinajstić information content (AvgIpc) is 2.99. The highest BCUT2D eigenvalue weighted by molar-refractivity contribution is 5.88. The van der Waals surface area contributed by atoms with Crippen LogP contribution in [0.3, 0.4) is 0 Å². The quantitative estimate of drug-likeness (QED) is 0.685. The average molecular weight is 223 g/mol. The van der Waals surface area contributed by atoms with Crippen molar-refractivity contribution in [3.63, 3.8) is 0 Å². The summed E-state index contributed by atoms with van der Waals surface area (Å²) in [6.45, 7) is 1.56. The molecule has 6 nitrogen and oxygen atoms in total. The number of aromatic nitrogens is 2. The topological polar surface area (TPSA) is 73.1 Å². The molecule has 6 heteroatoms. The minimum absolute atomic E-state index is 0.189. The Hall–Kier alpha value is -1.56. The summed E-state index contributed by atoms with van der Waals surface area (Å²) in [4.78, 5) is 13.7. The van der Waals surface area contributed by atoms with Crippen LogP contribution in [0.25, 0.3) is 0 Å². The second-order valence-electron chi connectivity index (χ2n) is 4.08. The molecule has 1 saturated carbocycles. The zero-order valence-corrected chi connectivity index (χ0v) is 9.36. The van der Waals surface area contributed by atoms with Crippen molar-refractivity contribution < 1.29 is 4.79 Å². The van der Waals surface area contributed by atoms with Crippen molar-refractivity contribution in [3.8, 4) is 0 Å². The highest BCUT2D eigenvalue weighted by Crippen LogP contribution is 2.24. The van der Waals surface area contributed by atoms with Gasteiger partial charge in [-0.3, -0.25) is 5.10 Å². The van der Waals surface area contributed by atoms with E-state index in [2.05, 4.69) is 32.8 Å². The molecular weight excluding hydrogens is 206 g/mol. The molecule has 88 valence electrons. The van der Waals surface area contributed by atoms with Crippen LogP contribution < -0.4 is 10.6 Å². The second kappa shape index (κ2) is 4.98. The highest BCUT2D eigenvalue weighted by atomic mass is 16.2. The fourth-order valence-corrected chi connectivity index (χ4v) is 1.54. The van der Waals surface area contributed by atoms with E-state index in [0.717, 1.165) is 12.6 Å². The standard InChI is InChI=1S/C10H17N5O/c1-15(9-2-3-9)5-4-11-10(16)14-8-6-12-13-7-8/h6-7,9H,2-5H2,1H3,(H,12,13)(H2,11,14,16). The van der Waals surface area contributed by atoms with E-state index in [0.29, 0.717) is 12.2 Å². The molecule has 3 N–H and O–H groups in total. The summed E-state index contributed by atoms with van der Waals surface area (Å²) >= 11 is 0. The van der Waals surface area contributed by atoms with Gasteiger partial charge in [0.1, 0.15) is 0 Å². The molecule has 0 bridgehead atoms. The maximum atomic E-state index is 11.4. The molecule has 16 heavy (non-hydrogen) atoms. The van der Waals surface area contributed by atoms with Crippen molar-refractivity contribution in [1.29, 1.82) is 0 Å². The SMILES string of the molecule is CN(CCNC(=O)Nc1cn[nH]c1)C1CC1. The molecule has 0 unspecified atom stereocenters. The molecule has 1 fully saturated rings. The number of amides is 2. The van der Waals surface area contributed by atoms with E-state index in [1.54, 1.807) is 12.4 Å². The van der Waals surface area contributed by atoms with E-state index in [1.165, 1.54) is 12.8 Å². The fourth-order valence-electron chi connectivity index (χ4n) is 1.54. The van der Waals surface area contributed by atoms with Gasteiger partial charge in [0.25, 0.3) is 0 Å². The van der Waals surface area contributed by atoms with Crippen molar-refractivity contribution in [2.75, 3.05) is 25.5 Å². The number of nitrogens with one attached hydrogen (secondary N) is 3. The predicted molar refractivity (Wildman–Crippen MR) is 61.3 cm³/mol. The van der Waals surface area contributed by atoms with Crippen LogP contribution in [0.5, 0.6) is 0 Å². The number of rotatable bonds is 5. The first-order chi connectivity index (χ1) is 7.75. The van der Waals surface area contributed by atoms with Crippen molar-refractivity contribution in [3.05, 3.63) is 12.4 Å². The number of likely N-dealkylation sites (N-methyl/N-ethyl adjacent to an activating group) is 1. The molecule has 1 aliphatic rings. The van der Waals surface area contributed by atoms with Gasteiger partial charge in [0.05, 0.1) is 11.9 Å². The number of carbonyl (C=O) groups excluding carboxylic acids is 1. The van der Waals surface area contributed by atoms with Gasteiger partial charge in [-0.2, -0.15) is 5.10 Å². The smallest absolute Gasteiger partial charge is 0.319 e. The van der Waals surface area contributed by atoms with E-state index >= 15 is 0 Å². The van der Waals surface area contributed by atoms with Gasteiger partial charge in [-0.25, -0.2) is 4.79 Å². The van der Waals surface area contributed by atoms with Gasteiger partial charge in [0, 0.05) is 25.3 Å². The van der Waals surface area contributed by atoms with Crippen LogP contribution in [-0.2, 0) is 0 Å². The zero-order valence-electron chi connectivity index (χ0n) is 9.36. The molecule has 0 aliphatic heterocycles. The number of urea groups is 1. The van der Waals surface area contributed by atoms with Gasteiger partial charge >= 0.3 is 6.03 Å². The lowest BCUT2D eigenvalue weighted by molar-refractivity contribution is 0.249. The van der Waals surface area contributed by atoms with Crippen LogP contribution in [0.4, 0.5) is 10.5 Å². The largest absolute Gasteiger partial charge is 0.337 e. The molecule has 2 amide bonds. The Morgan fingerprint density at radius 3 is 3.12 bits per heavy atom. The Bertz CT molecular complexity index is 333. The van der Waals surface area contributed by atoms with Crippen LogP contribution in [0.15, 0.2) is 12.4 Å². The lowest BCUT2D eigenvalue weighted by Gasteiger charge is -2.15. The third kappa shape index (κ3) is 3.23. The first kappa shape index (κ1) is 10.9. The van der Waals surface area contributed by atoms with Crippen LogP contribution in [0.1, 0.15) is 12.8 Å². The maximum Gasteiger partial charge on any atom is 0.319 e. The lowest BCUT2D eigenvalue weighted by atomic mass is 10.5. The molecule has 1 aromatic heterocycles. The number of anilines is 1. The first-order valence-corrected chi connectivity index (χ1v) is 5.49. The predicted octanol–water partition coefficient (Wildman–Crippen LogP) is 0.625. The number of hydrogen-bond donors (Lipinski definition) is 3. The molecule has 0 saturated heterocycles. The summed E-state index contributed by atoms with van der Waals surface area (Å²) in [6.07, 6.45) is 5.78. The third-order valence-electron chi connectivity index (χ3n) is 2.68. The van der Waals surface area contributed by atoms with Crippen molar-refractivity contribution in [2.24, 2.45) is 0 Å². The fraction of sp³-hybridized carbons (Fsp3) is 0.600. The molecule has 0 radical (unpaired) electrons. The molecule has 0 atom stereocenters. The van der Waals surface area contributed by atoms with Gasteiger partial charge in [0.15, 0.2) is 0 Å². The minimum Gasteiger partial charge on any atom is -0.337 e. The highest BCUT2D eigenvalue weighted by Gasteiger charge is 2.25. The van der Waals surface area contributed by atoms with E-state index in [1.807, 2.05) is 0 Å². The third-order valence-corrected chi connectivity index (χ3v) is 2.68. The Balaban J connectivity index is 1.60. The number of hydrogen-bond acceptors (Lipinski definition) is 3. The zero-order chi connectivity index (χ0) is 11.4. The van der Waals surface area contributed by atoms with Gasteiger partial charge in [-0.05, 0) is 19.9 Å². The van der Waals surface area contributed by atoms with Crippen LogP contribution in [0, 0.1) is 0 Å². The molecule has 0 spiro atoms. The Kier molecular flexibility index (Phi) is 3.40. The van der Waals surface area contributed by atoms with Crippen LogP contribution in [0.2, 0.25) is 0 Å². The Morgan fingerprint density at radius 1 is 1.69 bits per heavy atom. The molecule has 0 aromatic carbocycles. The summed E-state index contributed by atoms with van der Waals surface area (Å²) < 4.78 is 0. The maximum absolute atomic E-state index is 11.4. The lowest BCUT2D eigenvalue weighted by Crippen LogP contribution is -2.36. The van der Waals surface area contributed by atoms with E-state index in [4.69, 9.17) is 0 Å². The molecule has 1 heterocycles. The summed E-state index contributed by atoms with van der Waals surface area (Å²) in [5, 5.41) is 11.9. The second-order valence-corrected chi connectivity index (χ2v) is 4.08. The molecule has 2 rings (SSSR count). The van der Waals surface area contributed by atoms with E-state index in [-0.39, 0.29) is 6.03 Å². The normalized spacial score (nSPS) is 15.1. The van der Waals surface area contributed by atoms with Crippen LogP contribution in [-0.4, -0.2) is 47.3 Å².